The fourth-order valence-electron chi connectivity index (χ4n) is 1.48. The highest BCUT2D eigenvalue weighted by Crippen LogP contribution is 2.11. The van der Waals surface area contributed by atoms with E-state index >= 15 is 0 Å². The van der Waals surface area contributed by atoms with Gasteiger partial charge in [-0.25, -0.2) is 5.32 Å². The standard InChI is InChI=1S/C10H11N/c1-2-4-10-6-8-11-7-5-9(10)3-1/h1,3-4H,5-8H2. The summed E-state index contributed by atoms with van der Waals surface area (Å²) in [5, 5.41) is 4.37. The van der Waals surface area contributed by atoms with E-state index in [4.69, 9.17) is 0 Å². The molecule has 0 N–H and O–H groups in total. The quantitative estimate of drug-likeness (QED) is 0.520. The number of benzene rings is 1. The summed E-state index contributed by atoms with van der Waals surface area (Å²) in [4.78, 5) is 0. The van der Waals surface area contributed by atoms with E-state index in [1.165, 1.54) is 11.1 Å². The second kappa shape index (κ2) is 3.05. The maximum Gasteiger partial charge on any atom is 0.0174 e. The molecule has 0 saturated carbocycles. The van der Waals surface area contributed by atoms with Crippen molar-refractivity contribution in [2.75, 3.05) is 13.1 Å². The molecule has 0 aliphatic carbocycles. The van der Waals surface area contributed by atoms with Crippen LogP contribution in [0.4, 0.5) is 0 Å². The second-order valence-corrected chi connectivity index (χ2v) is 2.87. The van der Waals surface area contributed by atoms with Crippen molar-refractivity contribution in [1.29, 1.82) is 0 Å². The molecule has 0 bridgehead atoms. The fraction of sp³-hybridized carbons (Fsp3) is 0.400. The number of nitrogens with zero attached hydrogens (tertiary/aromatic N) is 1. The molecule has 56 valence electrons. The van der Waals surface area contributed by atoms with Crippen molar-refractivity contribution in [2.45, 2.75) is 12.8 Å². The minimum atomic E-state index is 0.991. The number of hydrogen-bond donors (Lipinski definition) is 0. The lowest BCUT2D eigenvalue weighted by Gasteiger charge is -2.01. The molecule has 0 unspecified atom stereocenters. The predicted molar refractivity (Wildman–Crippen MR) is 44.6 cm³/mol. The Morgan fingerprint density at radius 1 is 1.18 bits per heavy atom. The van der Waals surface area contributed by atoms with Crippen LogP contribution < -0.4 is 5.32 Å². The minimum Gasteiger partial charge on any atom is -0.241 e. The van der Waals surface area contributed by atoms with Gasteiger partial charge < -0.3 is 0 Å². The SMILES string of the molecule is [c]1ccc2c(c1)CC[N]CC2. The summed E-state index contributed by atoms with van der Waals surface area (Å²) in [6.07, 6.45) is 2.22. The summed E-state index contributed by atoms with van der Waals surface area (Å²) in [6, 6.07) is 9.35. The Bertz CT molecular complexity index is 217. The van der Waals surface area contributed by atoms with Crippen molar-refractivity contribution >= 4 is 0 Å². The topological polar surface area (TPSA) is 14.1 Å². The van der Waals surface area contributed by atoms with Gasteiger partial charge in [-0.15, -0.1) is 0 Å². The summed E-state index contributed by atoms with van der Waals surface area (Å²) in [5.41, 5.74) is 2.90. The van der Waals surface area contributed by atoms with E-state index in [-0.39, 0.29) is 0 Å². The molecule has 0 saturated heterocycles. The molecule has 1 aliphatic heterocycles. The van der Waals surface area contributed by atoms with Crippen LogP contribution in [0.2, 0.25) is 0 Å². The highest BCUT2D eigenvalue weighted by atomic mass is 14.8. The van der Waals surface area contributed by atoms with Crippen LogP contribution in [0.1, 0.15) is 11.1 Å². The third-order valence-electron chi connectivity index (χ3n) is 2.13. The van der Waals surface area contributed by atoms with Crippen LogP contribution in [0.15, 0.2) is 18.2 Å². The van der Waals surface area contributed by atoms with Gasteiger partial charge in [0.25, 0.3) is 0 Å². The van der Waals surface area contributed by atoms with Crippen LogP contribution >= 0.6 is 0 Å². The Hall–Kier alpha value is -0.820. The van der Waals surface area contributed by atoms with Gasteiger partial charge in [-0.2, -0.15) is 0 Å². The second-order valence-electron chi connectivity index (χ2n) is 2.87. The minimum absolute atomic E-state index is 0.991. The zero-order valence-electron chi connectivity index (χ0n) is 6.51. The van der Waals surface area contributed by atoms with Crippen LogP contribution in [0.3, 0.4) is 0 Å². The van der Waals surface area contributed by atoms with Crippen molar-refractivity contribution in [3.8, 4) is 0 Å². The average Bonchev–Trinajstić information content (AvgIpc) is 2.28. The number of hydrogen-bond acceptors (Lipinski definition) is 0. The smallest absolute Gasteiger partial charge is 0.0174 e. The lowest BCUT2D eigenvalue weighted by molar-refractivity contribution is 0.696. The van der Waals surface area contributed by atoms with Crippen molar-refractivity contribution in [3.05, 3.63) is 35.4 Å². The normalized spacial score (nSPS) is 17.1. The molecule has 1 aromatic rings. The Kier molecular flexibility index (Phi) is 1.91. The molecule has 0 spiro atoms. The summed E-state index contributed by atoms with van der Waals surface area (Å²) in [5.74, 6) is 0. The Labute approximate surface area is 67.4 Å². The molecule has 0 aromatic heterocycles. The Morgan fingerprint density at radius 2 is 2.00 bits per heavy atom. The van der Waals surface area contributed by atoms with Gasteiger partial charge in [-0.1, -0.05) is 18.2 Å². The van der Waals surface area contributed by atoms with Crippen molar-refractivity contribution in [1.82, 2.24) is 5.32 Å². The number of fused-ring (bicyclic) bond motifs is 1. The third kappa shape index (κ3) is 1.43. The zero-order chi connectivity index (χ0) is 7.52. The van der Waals surface area contributed by atoms with Gasteiger partial charge in [0.05, 0.1) is 0 Å². The average molecular weight is 145 g/mol. The van der Waals surface area contributed by atoms with Crippen molar-refractivity contribution in [2.24, 2.45) is 0 Å². The molecule has 1 aliphatic rings. The van der Waals surface area contributed by atoms with Gasteiger partial charge >= 0.3 is 0 Å². The zero-order valence-corrected chi connectivity index (χ0v) is 6.51. The molecule has 11 heavy (non-hydrogen) atoms. The van der Waals surface area contributed by atoms with E-state index in [0.29, 0.717) is 0 Å². The molecule has 1 heterocycles. The summed E-state index contributed by atoms with van der Waals surface area (Å²) >= 11 is 0. The molecule has 1 aromatic carbocycles. The lowest BCUT2D eigenvalue weighted by atomic mass is 10.0. The van der Waals surface area contributed by atoms with E-state index in [1.54, 1.807) is 0 Å². The maximum absolute atomic E-state index is 4.37. The highest BCUT2D eigenvalue weighted by molar-refractivity contribution is 5.27. The third-order valence-corrected chi connectivity index (χ3v) is 2.13. The molecule has 0 fully saturated rings. The number of rotatable bonds is 0. The highest BCUT2D eigenvalue weighted by Gasteiger charge is 2.05. The first kappa shape index (κ1) is 6.86. The van der Waals surface area contributed by atoms with Gasteiger partial charge in [0.2, 0.25) is 0 Å². The van der Waals surface area contributed by atoms with Crippen molar-refractivity contribution < 1.29 is 0 Å². The largest absolute Gasteiger partial charge is 0.241 e. The summed E-state index contributed by atoms with van der Waals surface area (Å²) in [7, 11) is 0. The summed E-state index contributed by atoms with van der Waals surface area (Å²) in [6.45, 7) is 1.99. The predicted octanol–water partition coefficient (Wildman–Crippen LogP) is 1.19. The Balaban J connectivity index is 2.33. The first-order chi connectivity index (χ1) is 5.47. The maximum atomic E-state index is 4.37. The van der Waals surface area contributed by atoms with E-state index in [0.717, 1.165) is 25.9 Å². The first-order valence-corrected chi connectivity index (χ1v) is 4.08. The first-order valence-electron chi connectivity index (χ1n) is 4.08. The Morgan fingerprint density at radius 3 is 2.91 bits per heavy atom. The van der Waals surface area contributed by atoms with Crippen LogP contribution in [0.25, 0.3) is 0 Å². The van der Waals surface area contributed by atoms with Crippen molar-refractivity contribution in [3.63, 3.8) is 0 Å². The molecule has 1 nitrogen and oxygen atoms in total. The fourth-order valence-corrected chi connectivity index (χ4v) is 1.48. The van der Waals surface area contributed by atoms with Crippen LogP contribution in [0, 0.1) is 6.07 Å². The molecule has 0 atom stereocenters. The van der Waals surface area contributed by atoms with Gasteiger partial charge in [-0.3, -0.25) is 0 Å². The van der Waals surface area contributed by atoms with E-state index in [9.17, 15) is 0 Å². The molecule has 1 heteroatoms. The van der Waals surface area contributed by atoms with Crippen LogP contribution in [0.5, 0.6) is 0 Å². The van der Waals surface area contributed by atoms with Crippen LogP contribution in [-0.4, -0.2) is 13.1 Å². The molecular weight excluding hydrogens is 134 g/mol. The van der Waals surface area contributed by atoms with Gasteiger partial charge in [0.1, 0.15) is 0 Å². The van der Waals surface area contributed by atoms with E-state index < -0.39 is 0 Å². The molecule has 0 amide bonds. The lowest BCUT2D eigenvalue weighted by Crippen LogP contribution is -2.07. The summed E-state index contributed by atoms with van der Waals surface area (Å²) < 4.78 is 0. The molecule has 2 rings (SSSR count). The van der Waals surface area contributed by atoms with Crippen LogP contribution in [-0.2, 0) is 12.8 Å². The molecular formula is C10H11N. The molecule has 2 radical (unpaired) electrons. The van der Waals surface area contributed by atoms with E-state index in [2.05, 4.69) is 23.5 Å². The van der Waals surface area contributed by atoms with Gasteiger partial charge in [0, 0.05) is 13.1 Å². The van der Waals surface area contributed by atoms with Gasteiger partial charge in [-0.05, 0) is 30.0 Å². The van der Waals surface area contributed by atoms with Gasteiger partial charge in [0.15, 0.2) is 0 Å². The monoisotopic (exact) mass is 145 g/mol. The van der Waals surface area contributed by atoms with E-state index in [1.807, 2.05) is 6.07 Å².